The van der Waals surface area contributed by atoms with Gasteiger partial charge in [-0.15, -0.1) is 0 Å². The van der Waals surface area contributed by atoms with E-state index >= 15 is 0 Å². The molecule has 0 aliphatic heterocycles. The monoisotopic (exact) mass is 662 g/mol. The number of carboxylic acid groups (broad SMARTS) is 1. The number of ether oxygens (including phenoxy) is 3. The number of esters is 2. The van der Waals surface area contributed by atoms with Crippen molar-refractivity contribution in [1.82, 2.24) is 0 Å². The molecule has 0 saturated heterocycles. The highest BCUT2D eigenvalue weighted by atomic mass is 16.6. The molecule has 0 aromatic heterocycles. The lowest BCUT2D eigenvalue weighted by Gasteiger charge is -2.31. The standard InChI is InChI=1S/C39H67NO7/c1-6-8-10-12-14-15-16-17-18-19-20-21-22-24-26-28-30-38(42)47-35(33-45-32-31-36(39(43)44)40(3,4)5)34-46-37(41)29-27-25-23-13-11-9-7-2/h8,10,14-15,17-18,23,25,35-36H,6-7,9,11-13,16,19-22,24,26-34H2,1-5H3/p+1/b10-8+,15-14+,18-17+,25-23+. The summed E-state index contributed by atoms with van der Waals surface area (Å²) in [5, 5.41) is 9.55. The summed E-state index contributed by atoms with van der Waals surface area (Å²) < 4.78 is 17.0. The SMILES string of the molecule is CC/C=C/C/C=C/C/C=C/CCCCCCCCC(=O)OC(COCCC(C(=O)O)[N+](C)(C)C)COC(=O)CC/C=C/CCCCC. The molecule has 0 fully saturated rings. The number of rotatable bonds is 31. The summed E-state index contributed by atoms with van der Waals surface area (Å²) in [6.07, 6.45) is 33.2. The van der Waals surface area contributed by atoms with E-state index in [-0.39, 0.29) is 42.7 Å². The molecule has 8 nitrogen and oxygen atoms in total. The third-order valence-corrected chi connectivity index (χ3v) is 7.73. The van der Waals surface area contributed by atoms with Crippen LogP contribution in [0.25, 0.3) is 0 Å². The number of aliphatic carboxylic acids is 1. The summed E-state index contributed by atoms with van der Waals surface area (Å²) in [4.78, 5) is 36.6. The zero-order valence-electron chi connectivity index (χ0n) is 30.5. The molecule has 0 rings (SSSR count). The third kappa shape index (κ3) is 29.2. The van der Waals surface area contributed by atoms with Crippen molar-refractivity contribution in [2.75, 3.05) is 41.0 Å². The van der Waals surface area contributed by atoms with Crippen molar-refractivity contribution in [3.8, 4) is 0 Å². The molecular weight excluding hydrogens is 594 g/mol. The largest absolute Gasteiger partial charge is 0.477 e. The van der Waals surface area contributed by atoms with Crippen molar-refractivity contribution in [2.24, 2.45) is 0 Å². The fourth-order valence-corrected chi connectivity index (χ4v) is 4.89. The summed E-state index contributed by atoms with van der Waals surface area (Å²) in [6.45, 7) is 4.47. The van der Waals surface area contributed by atoms with Crippen LogP contribution in [0.2, 0.25) is 0 Å². The van der Waals surface area contributed by atoms with Crippen molar-refractivity contribution < 1.29 is 38.2 Å². The van der Waals surface area contributed by atoms with E-state index in [2.05, 4.69) is 56.4 Å². The highest BCUT2D eigenvalue weighted by Crippen LogP contribution is 2.12. The molecular formula is C39H68NO7+. The molecule has 0 spiro atoms. The molecule has 0 saturated carbocycles. The Morgan fingerprint density at radius 1 is 0.660 bits per heavy atom. The summed E-state index contributed by atoms with van der Waals surface area (Å²) in [7, 11) is 5.49. The van der Waals surface area contributed by atoms with Gasteiger partial charge in [0, 0.05) is 19.3 Å². The lowest BCUT2D eigenvalue weighted by atomic mass is 10.1. The average molecular weight is 663 g/mol. The molecule has 0 aliphatic carbocycles. The van der Waals surface area contributed by atoms with Crippen molar-refractivity contribution >= 4 is 17.9 Å². The Bertz CT molecular complexity index is 917. The quantitative estimate of drug-likeness (QED) is 0.0343. The number of nitrogens with zero attached hydrogens (tertiary/aromatic N) is 1. The Kier molecular flexibility index (Phi) is 28.8. The molecule has 0 bridgehead atoms. The Morgan fingerprint density at radius 3 is 1.87 bits per heavy atom. The van der Waals surface area contributed by atoms with Gasteiger partial charge < -0.3 is 23.8 Å². The molecule has 2 unspecified atom stereocenters. The topological polar surface area (TPSA) is 99.1 Å². The molecule has 0 aromatic rings. The van der Waals surface area contributed by atoms with Gasteiger partial charge in [0.1, 0.15) is 6.61 Å². The van der Waals surface area contributed by atoms with Gasteiger partial charge in [-0.3, -0.25) is 9.59 Å². The van der Waals surface area contributed by atoms with Crippen LogP contribution in [0.15, 0.2) is 48.6 Å². The fourth-order valence-electron chi connectivity index (χ4n) is 4.89. The maximum Gasteiger partial charge on any atom is 0.362 e. The van der Waals surface area contributed by atoms with Crippen molar-refractivity contribution in [1.29, 1.82) is 0 Å². The summed E-state index contributed by atoms with van der Waals surface area (Å²) in [5.41, 5.74) is 0. The Morgan fingerprint density at radius 2 is 1.23 bits per heavy atom. The van der Waals surface area contributed by atoms with Crippen molar-refractivity contribution in [2.45, 2.75) is 142 Å². The highest BCUT2D eigenvalue weighted by Gasteiger charge is 2.31. The zero-order chi connectivity index (χ0) is 35.0. The minimum atomic E-state index is -0.885. The van der Waals surface area contributed by atoms with Crippen molar-refractivity contribution in [3.05, 3.63) is 48.6 Å². The number of likely N-dealkylation sites (N-methyl/N-ethyl adjacent to an activating group) is 1. The number of unbranched alkanes of at least 4 members (excludes halogenated alkanes) is 9. The first-order chi connectivity index (χ1) is 22.6. The van der Waals surface area contributed by atoms with E-state index in [9.17, 15) is 19.5 Å². The summed E-state index contributed by atoms with van der Waals surface area (Å²) in [5.74, 6) is -1.56. The lowest BCUT2D eigenvalue weighted by molar-refractivity contribution is -0.887. The Labute approximate surface area is 286 Å². The van der Waals surface area contributed by atoms with E-state index < -0.39 is 18.1 Å². The second-order valence-corrected chi connectivity index (χ2v) is 13.1. The van der Waals surface area contributed by atoms with Crippen LogP contribution in [0.4, 0.5) is 0 Å². The van der Waals surface area contributed by atoms with E-state index in [1.54, 1.807) is 0 Å². The Balaban J connectivity index is 4.44. The minimum Gasteiger partial charge on any atom is -0.477 e. The maximum absolute atomic E-state index is 12.6. The van der Waals surface area contributed by atoms with Crippen LogP contribution >= 0.6 is 0 Å². The van der Waals surface area contributed by atoms with E-state index in [0.29, 0.717) is 19.3 Å². The van der Waals surface area contributed by atoms with Gasteiger partial charge >= 0.3 is 17.9 Å². The first-order valence-electron chi connectivity index (χ1n) is 18.2. The van der Waals surface area contributed by atoms with Gasteiger partial charge in [0.15, 0.2) is 12.1 Å². The van der Waals surface area contributed by atoms with Gasteiger partial charge in [0.2, 0.25) is 0 Å². The molecule has 2 atom stereocenters. The summed E-state index contributed by atoms with van der Waals surface area (Å²) >= 11 is 0. The molecule has 47 heavy (non-hydrogen) atoms. The predicted molar refractivity (Wildman–Crippen MR) is 192 cm³/mol. The Hall–Kier alpha value is -2.71. The van der Waals surface area contributed by atoms with Crippen LogP contribution in [0.5, 0.6) is 0 Å². The van der Waals surface area contributed by atoms with Gasteiger partial charge in [-0.05, 0) is 57.8 Å². The van der Waals surface area contributed by atoms with Crippen LogP contribution in [0.1, 0.15) is 129 Å². The van der Waals surface area contributed by atoms with Gasteiger partial charge in [0.05, 0.1) is 34.4 Å². The number of carboxylic acids is 1. The number of hydrogen-bond donors (Lipinski definition) is 1. The number of quaternary nitrogens is 1. The molecule has 1 N–H and O–H groups in total. The molecule has 0 heterocycles. The van der Waals surface area contributed by atoms with Crippen LogP contribution in [0, 0.1) is 0 Å². The first-order valence-corrected chi connectivity index (χ1v) is 18.2. The lowest BCUT2D eigenvalue weighted by Crippen LogP contribution is -2.50. The molecule has 0 aromatic carbocycles. The van der Waals surface area contributed by atoms with Crippen LogP contribution in [-0.2, 0) is 28.6 Å². The molecule has 0 amide bonds. The van der Waals surface area contributed by atoms with Crippen LogP contribution in [-0.4, -0.2) is 80.6 Å². The van der Waals surface area contributed by atoms with Gasteiger partial charge in [-0.25, -0.2) is 4.79 Å². The van der Waals surface area contributed by atoms with Gasteiger partial charge in [-0.1, -0.05) is 101 Å². The number of carbonyl (C=O) groups excluding carboxylic acids is 2. The van der Waals surface area contributed by atoms with Gasteiger partial charge in [-0.2, -0.15) is 0 Å². The second kappa shape index (κ2) is 30.6. The van der Waals surface area contributed by atoms with Crippen LogP contribution < -0.4 is 0 Å². The van der Waals surface area contributed by atoms with Crippen molar-refractivity contribution in [3.63, 3.8) is 0 Å². The van der Waals surface area contributed by atoms with E-state index in [1.165, 1.54) is 25.7 Å². The maximum atomic E-state index is 12.6. The summed E-state index contributed by atoms with van der Waals surface area (Å²) in [6, 6.07) is -0.620. The number of allylic oxidation sites excluding steroid dienone is 8. The molecule has 270 valence electrons. The second-order valence-electron chi connectivity index (χ2n) is 13.1. The predicted octanol–water partition coefficient (Wildman–Crippen LogP) is 8.90. The molecule has 0 aliphatic rings. The fraction of sp³-hybridized carbons (Fsp3) is 0.718. The first kappa shape index (κ1) is 44.3. The smallest absolute Gasteiger partial charge is 0.362 e. The molecule has 8 heteroatoms. The number of carbonyl (C=O) groups is 3. The zero-order valence-corrected chi connectivity index (χ0v) is 30.5. The third-order valence-electron chi connectivity index (χ3n) is 7.73. The van der Waals surface area contributed by atoms with E-state index in [1.807, 2.05) is 27.2 Å². The van der Waals surface area contributed by atoms with E-state index in [4.69, 9.17) is 14.2 Å². The minimum absolute atomic E-state index is 0.0425. The van der Waals surface area contributed by atoms with Crippen LogP contribution in [0.3, 0.4) is 0 Å². The number of hydrogen-bond acceptors (Lipinski definition) is 6. The van der Waals surface area contributed by atoms with Gasteiger partial charge in [0.25, 0.3) is 0 Å². The average Bonchev–Trinajstić information content (AvgIpc) is 3.01. The highest BCUT2D eigenvalue weighted by molar-refractivity contribution is 5.72. The normalized spacial score (nSPS) is 13.6. The molecule has 0 radical (unpaired) electrons. The van der Waals surface area contributed by atoms with E-state index in [0.717, 1.165) is 64.2 Å².